The average Bonchev–Trinajstić information content (AvgIpc) is 3.25. The number of benzene rings is 1. The van der Waals surface area contributed by atoms with Crippen molar-refractivity contribution in [1.29, 1.82) is 0 Å². The number of amides is 1. The molecule has 1 aliphatic heterocycles. The van der Waals surface area contributed by atoms with Crippen LogP contribution in [0.4, 0.5) is 5.69 Å². The van der Waals surface area contributed by atoms with Crippen LogP contribution < -0.4 is 15.4 Å². The topological polar surface area (TPSA) is 76.1 Å². The van der Waals surface area contributed by atoms with Crippen LogP contribution in [0.5, 0.6) is 5.88 Å². The van der Waals surface area contributed by atoms with Gasteiger partial charge in [0, 0.05) is 16.6 Å². The molecule has 0 saturated heterocycles. The number of nitrogens with zero attached hydrogens (tertiary/aromatic N) is 2. The third kappa shape index (κ3) is 1.83. The van der Waals surface area contributed by atoms with Gasteiger partial charge in [-0.15, -0.1) is 11.3 Å². The van der Waals surface area contributed by atoms with Crippen LogP contribution in [0.3, 0.4) is 0 Å². The van der Waals surface area contributed by atoms with Crippen LogP contribution in [-0.4, -0.2) is 35.1 Å². The maximum atomic E-state index is 12.6. The number of rotatable bonds is 1. The highest BCUT2D eigenvalue weighted by Gasteiger charge is 2.46. The molecule has 2 aliphatic rings. The predicted octanol–water partition coefficient (Wildman–Crippen LogP) is 2.54. The average molecular weight is 326 g/mol. The second-order valence-electron chi connectivity index (χ2n) is 6.11. The number of nitrogens with one attached hydrogen (secondary N) is 2. The van der Waals surface area contributed by atoms with Gasteiger partial charge in [-0.3, -0.25) is 4.79 Å². The standard InChI is InChI=1S/C16H14N4O2S/c1-22-10-6-17-12-8(19-10)2-3-9-11(12)13-14(23-9)15(21)20-16(4-5-16)7-18-13/h2-3,6,18H,4-5,7H2,1H3,(H,20,21). The lowest BCUT2D eigenvalue weighted by molar-refractivity contribution is 0.0942. The summed E-state index contributed by atoms with van der Waals surface area (Å²) < 4.78 is 6.19. The molecule has 7 heteroatoms. The molecule has 1 spiro atoms. The molecule has 0 radical (unpaired) electrons. The van der Waals surface area contributed by atoms with Crippen molar-refractivity contribution in [3.63, 3.8) is 0 Å². The summed E-state index contributed by atoms with van der Waals surface area (Å²) in [7, 11) is 1.58. The molecule has 1 aliphatic carbocycles. The number of fused-ring (bicyclic) bond motifs is 5. The minimum absolute atomic E-state index is 0.0123. The van der Waals surface area contributed by atoms with E-state index >= 15 is 0 Å². The van der Waals surface area contributed by atoms with Gasteiger partial charge < -0.3 is 15.4 Å². The Kier molecular flexibility index (Phi) is 2.45. The van der Waals surface area contributed by atoms with Gasteiger partial charge in [-0.25, -0.2) is 9.97 Å². The van der Waals surface area contributed by atoms with Crippen LogP contribution in [0.1, 0.15) is 22.5 Å². The first-order valence-corrected chi connectivity index (χ1v) is 8.33. The van der Waals surface area contributed by atoms with Crippen molar-refractivity contribution in [2.24, 2.45) is 0 Å². The molecular weight excluding hydrogens is 312 g/mol. The third-order valence-corrected chi connectivity index (χ3v) is 5.75. The third-order valence-electron chi connectivity index (χ3n) is 4.59. The Balaban J connectivity index is 1.78. The van der Waals surface area contributed by atoms with Gasteiger partial charge in [0.05, 0.1) is 35.6 Å². The maximum absolute atomic E-state index is 12.6. The maximum Gasteiger partial charge on any atom is 0.264 e. The lowest BCUT2D eigenvalue weighted by Crippen LogP contribution is -2.39. The molecule has 116 valence electrons. The Labute approximate surface area is 135 Å². The first kappa shape index (κ1) is 13.1. The van der Waals surface area contributed by atoms with Crippen molar-refractivity contribution in [3.05, 3.63) is 23.2 Å². The van der Waals surface area contributed by atoms with E-state index in [4.69, 9.17) is 4.74 Å². The van der Waals surface area contributed by atoms with Crippen molar-refractivity contribution in [2.75, 3.05) is 19.0 Å². The van der Waals surface area contributed by atoms with Crippen LogP contribution in [0, 0.1) is 0 Å². The smallest absolute Gasteiger partial charge is 0.264 e. The molecule has 0 atom stereocenters. The van der Waals surface area contributed by atoms with E-state index in [1.54, 1.807) is 13.3 Å². The predicted molar refractivity (Wildman–Crippen MR) is 89.4 cm³/mol. The molecule has 1 fully saturated rings. The Morgan fingerprint density at radius 1 is 1.35 bits per heavy atom. The molecule has 1 saturated carbocycles. The number of hydrogen-bond acceptors (Lipinski definition) is 6. The highest BCUT2D eigenvalue weighted by Crippen LogP contribution is 2.44. The fraction of sp³-hybridized carbons (Fsp3) is 0.312. The first-order chi connectivity index (χ1) is 11.2. The molecule has 1 aromatic carbocycles. The molecule has 2 aromatic heterocycles. The van der Waals surface area contributed by atoms with Gasteiger partial charge in [-0.2, -0.15) is 0 Å². The molecule has 23 heavy (non-hydrogen) atoms. The van der Waals surface area contributed by atoms with E-state index in [0.717, 1.165) is 51.1 Å². The number of methoxy groups -OCH3 is 1. The fourth-order valence-electron chi connectivity index (χ4n) is 3.13. The number of anilines is 1. The molecule has 3 heterocycles. The number of ether oxygens (including phenoxy) is 1. The molecule has 6 nitrogen and oxygen atoms in total. The SMILES string of the molecule is COc1cnc2c(ccc3sc4c(c32)NCC2(CC2)NC4=O)n1. The number of aromatic nitrogens is 2. The molecular formula is C16H14N4O2S. The Hall–Kier alpha value is -2.41. The molecule has 5 rings (SSSR count). The Morgan fingerprint density at radius 2 is 2.22 bits per heavy atom. The molecule has 3 aromatic rings. The van der Waals surface area contributed by atoms with E-state index in [-0.39, 0.29) is 11.4 Å². The minimum Gasteiger partial charge on any atom is -0.480 e. The summed E-state index contributed by atoms with van der Waals surface area (Å²) in [5.41, 5.74) is 2.40. The quantitative estimate of drug-likeness (QED) is 0.719. The van der Waals surface area contributed by atoms with Crippen LogP contribution >= 0.6 is 11.3 Å². The number of hydrogen-bond donors (Lipinski definition) is 2. The van der Waals surface area contributed by atoms with Crippen molar-refractivity contribution in [2.45, 2.75) is 18.4 Å². The molecule has 2 N–H and O–H groups in total. The van der Waals surface area contributed by atoms with Crippen molar-refractivity contribution < 1.29 is 9.53 Å². The number of carbonyl (C=O) groups excluding carboxylic acids is 1. The summed E-state index contributed by atoms with van der Waals surface area (Å²) in [5.74, 6) is 0.499. The minimum atomic E-state index is -0.0539. The lowest BCUT2D eigenvalue weighted by Gasteiger charge is -2.13. The molecule has 0 bridgehead atoms. The van der Waals surface area contributed by atoms with Gasteiger partial charge in [0.15, 0.2) is 0 Å². The van der Waals surface area contributed by atoms with Crippen LogP contribution in [0.2, 0.25) is 0 Å². The number of carbonyl (C=O) groups is 1. The van der Waals surface area contributed by atoms with Gasteiger partial charge >= 0.3 is 0 Å². The first-order valence-electron chi connectivity index (χ1n) is 7.52. The highest BCUT2D eigenvalue weighted by molar-refractivity contribution is 7.21. The van der Waals surface area contributed by atoms with Gasteiger partial charge in [0.1, 0.15) is 4.88 Å². The summed E-state index contributed by atoms with van der Waals surface area (Å²) in [6.45, 7) is 0.761. The Morgan fingerprint density at radius 3 is 3.00 bits per heavy atom. The van der Waals surface area contributed by atoms with Crippen LogP contribution in [0.15, 0.2) is 18.3 Å². The fourth-order valence-corrected chi connectivity index (χ4v) is 4.21. The van der Waals surface area contributed by atoms with E-state index in [9.17, 15) is 4.79 Å². The molecule has 0 unspecified atom stereocenters. The van der Waals surface area contributed by atoms with Gasteiger partial charge in [-0.1, -0.05) is 0 Å². The second kappa shape index (κ2) is 4.32. The Bertz CT molecular complexity index is 977. The zero-order valence-corrected chi connectivity index (χ0v) is 13.3. The van der Waals surface area contributed by atoms with Crippen molar-refractivity contribution >= 4 is 44.1 Å². The summed E-state index contributed by atoms with van der Waals surface area (Å²) in [4.78, 5) is 22.3. The van der Waals surface area contributed by atoms with Gasteiger partial charge in [0.2, 0.25) is 5.88 Å². The van der Waals surface area contributed by atoms with E-state index in [0.29, 0.717) is 5.88 Å². The summed E-state index contributed by atoms with van der Waals surface area (Å²) in [6.07, 6.45) is 3.69. The second-order valence-corrected chi connectivity index (χ2v) is 7.17. The summed E-state index contributed by atoms with van der Waals surface area (Å²) >= 11 is 1.50. The zero-order chi connectivity index (χ0) is 15.6. The number of thiophene rings is 1. The highest BCUT2D eigenvalue weighted by atomic mass is 32.1. The van der Waals surface area contributed by atoms with E-state index < -0.39 is 0 Å². The van der Waals surface area contributed by atoms with E-state index in [1.165, 1.54) is 11.3 Å². The van der Waals surface area contributed by atoms with E-state index in [1.807, 2.05) is 12.1 Å². The van der Waals surface area contributed by atoms with Crippen LogP contribution in [0.25, 0.3) is 21.1 Å². The van der Waals surface area contributed by atoms with Crippen molar-refractivity contribution in [1.82, 2.24) is 15.3 Å². The summed E-state index contributed by atoms with van der Waals surface area (Å²) in [5, 5.41) is 7.62. The normalized spacial score (nSPS) is 18.4. The largest absolute Gasteiger partial charge is 0.480 e. The monoisotopic (exact) mass is 326 g/mol. The summed E-state index contributed by atoms with van der Waals surface area (Å²) in [6, 6.07) is 3.91. The van der Waals surface area contributed by atoms with Crippen molar-refractivity contribution in [3.8, 4) is 5.88 Å². The molecule has 1 amide bonds. The lowest BCUT2D eigenvalue weighted by atomic mass is 10.1. The van der Waals surface area contributed by atoms with E-state index in [2.05, 4.69) is 20.6 Å². The van der Waals surface area contributed by atoms with Gasteiger partial charge in [0.25, 0.3) is 5.91 Å². The zero-order valence-electron chi connectivity index (χ0n) is 12.5. The van der Waals surface area contributed by atoms with Gasteiger partial charge in [-0.05, 0) is 25.0 Å². The van der Waals surface area contributed by atoms with Crippen LogP contribution in [-0.2, 0) is 0 Å².